The number of nitrogens with zero attached hydrogens (tertiary/aromatic N) is 3. The van der Waals surface area contributed by atoms with Gasteiger partial charge in [-0.15, -0.1) is 0 Å². The minimum Gasteiger partial charge on any atom is -0.495 e. The lowest BCUT2D eigenvalue weighted by molar-refractivity contribution is -0.122. The molecule has 1 aromatic heterocycles. The summed E-state index contributed by atoms with van der Waals surface area (Å²) in [6.07, 6.45) is 6.91. The third-order valence-electron chi connectivity index (χ3n) is 5.33. The monoisotopic (exact) mass is 497 g/mol. The van der Waals surface area contributed by atoms with E-state index in [9.17, 15) is 4.79 Å². The fraction of sp³-hybridized carbons (Fsp3) is 0.240. The number of carbonyl (C=O) groups excluding carboxylic acids is 1. The van der Waals surface area contributed by atoms with Crippen LogP contribution in [0.15, 0.2) is 59.6 Å². The van der Waals surface area contributed by atoms with E-state index in [2.05, 4.69) is 6.92 Å². The molecule has 0 N–H and O–H groups in total. The molecule has 0 radical (unpaired) electrons. The number of methoxy groups -OCH3 is 1. The maximum absolute atomic E-state index is 13.1. The van der Waals surface area contributed by atoms with E-state index in [-0.39, 0.29) is 5.91 Å². The summed E-state index contributed by atoms with van der Waals surface area (Å²) in [6.45, 7) is 2.79. The van der Waals surface area contributed by atoms with Crippen LogP contribution in [0.1, 0.15) is 31.7 Å². The molecule has 0 saturated carbocycles. The van der Waals surface area contributed by atoms with Gasteiger partial charge in [0.1, 0.15) is 15.8 Å². The summed E-state index contributed by atoms with van der Waals surface area (Å²) in [6, 6.07) is 15.4. The van der Waals surface area contributed by atoms with Crippen molar-refractivity contribution in [2.75, 3.05) is 13.7 Å². The number of thiocarbonyl (C=S) groups is 1. The minimum absolute atomic E-state index is 0.0488. The largest absolute Gasteiger partial charge is 0.495 e. The standard InChI is InChI=1S/C25H24ClN3O2S2/c1-3-4-8-13-28-24(30)22(33-25(28)32)15-18-16-29(19-9-6-5-7-10-19)27-23(18)17-11-12-21(31-2)20(26)14-17/h5-7,9-12,14-16H,3-4,8,13H2,1-2H3. The molecule has 0 spiro atoms. The molecule has 0 atom stereocenters. The fourth-order valence-electron chi connectivity index (χ4n) is 3.60. The summed E-state index contributed by atoms with van der Waals surface area (Å²) >= 11 is 13.2. The molecule has 0 unspecified atom stereocenters. The van der Waals surface area contributed by atoms with Crippen molar-refractivity contribution in [3.05, 3.63) is 70.2 Å². The van der Waals surface area contributed by atoms with Crippen molar-refractivity contribution >= 4 is 51.9 Å². The van der Waals surface area contributed by atoms with Crippen LogP contribution >= 0.6 is 35.6 Å². The molecule has 1 amide bonds. The molecule has 1 aliphatic heterocycles. The van der Waals surface area contributed by atoms with Gasteiger partial charge < -0.3 is 4.74 Å². The number of hydrogen-bond donors (Lipinski definition) is 0. The predicted molar refractivity (Wildman–Crippen MR) is 140 cm³/mol. The van der Waals surface area contributed by atoms with E-state index >= 15 is 0 Å². The summed E-state index contributed by atoms with van der Waals surface area (Å²) in [5.74, 6) is 0.546. The zero-order chi connectivity index (χ0) is 23.4. The van der Waals surface area contributed by atoms with E-state index in [0.717, 1.165) is 41.8 Å². The van der Waals surface area contributed by atoms with Gasteiger partial charge in [0.15, 0.2) is 0 Å². The third-order valence-corrected chi connectivity index (χ3v) is 7.01. The number of amides is 1. The Labute approximate surface area is 208 Å². The molecule has 2 heterocycles. The highest BCUT2D eigenvalue weighted by molar-refractivity contribution is 8.26. The second-order valence-corrected chi connectivity index (χ2v) is 9.69. The van der Waals surface area contributed by atoms with Gasteiger partial charge in [-0.3, -0.25) is 9.69 Å². The van der Waals surface area contributed by atoms with Crippen LogP contribution in [0.4, 0.5) is 0 Å². The highest BCUT2D eigenvalue weighted by Crippen LogP contribution is 2.36. The number of para-hydroxylation sites is 1. The van der Waals surface area contributed by atoms with Crippen LogP contribution in [-0.2, 0) is 4.79 Å². The van der Waals surface area contributed by atoms with E-state index in [4.69, 9.17) is 33.7 Å². The summed E-state index contributed by atoms with van der Waals surface area (Å²) in [4.78, 5) is 15.4. The Morgan fingerprint density at radius 2 is 1.97 bits per heavy atom. The Bertz CT molecular complexity index is 1210. The van der Waals surface area contributed by atoms with Gasteiger partial charge in [0.2, 0.25) is 0 Å². The predicted octanol–water partition coefficient (Wildman–Crippen LogP) is 6.59. The SMILES string of the molecule is CCCCCN1C(=O)C(=Cc2cn(-c3ccccc3)nc2-c2ccc(OC)c(Cl)c2)SC1=S. The molecule has 4 rings (SSSR count). The Morgan fingerprint density at radius 3 is 2.67 bits per heavy atom. The van der Waals surface area contributed by atoms with E-state index in [1.165, 1.54) is 11.8 Å². The van der Waals surface area contributed by atoms with Crippen LogP contribution in [0, 0.1) is 0 Å². The molecule has 170 valence electrons. The maximum Gasteiger partial charge on any atom is 0.266 e. The molecule has 3 aromatic rings. The van der Waals surface area contributed by atoms with Gasteiger partial charge in [0.05, 0.1) is 22.7 Å². The van der Waals surface area contributed by atoms with Gasteiger partial charge in [0, 0.05) is 23.9 Å². The lowest BCUT2D eigenvalue weighted by Crippen LogP contribution is -2.28. The zero-order valence-electron chi connectivity index (χ0n) is 18.5. The molecule has 0 aliphatic carbocycles. The number of aromatic nitrogens is 2. The van der Waals surface area contributed by atoms with Gasteiger partial charge in [0.25, 0.3) is 5.91 Å². The van der Waals surface area contributed by atoms with Crippen LogP contribution in [0.3, 0.4) is 0 Å². The highest BCUT2D eigenvalue weighted by atomic mass is 35.5. The molecule has 0 bridgehead atoms. The van der Waals surface area contributed by atoms with Gasteiger partial charge in [-0.1, -0.05) is 73.5 Å². The van der Waals surface area contributed by atoms with Crippen molar-refractivity contribution in [1.82, 2.24) is 14.7 Å². The maximum atomic E-state index is 13.1. The molecule has 1 fully saturated rings. The van der Waals surface area contributed by atoms with Crippen molar-refractivity contribution in [3.63, 3.8) is 0 Å². The van der Waals surface area contributed by atoms with Gasteiger partial charge in [-0.05, 0) is 42.8 Å². The van der Waals surface area contributed by atoms with Crippen LogP contribution in [0.5, 0.6) is 5.75 Å². The van der Waals surface area contributed by atoms with Gasteiger partial charge in [-0.25, -0.2) is 4.68 Å². The first-order valence-corrected chi connectivity index (χ1v) is 12.4. The van der Waals surface area contributed by atoms with Crippen LogP contribution in [0.2, 0.25) is 5.02 Å². The third kappa shape index (κ3) is 5.16. The zero-order valence-corrected chi connectivity index (χ0v) is 20.8. The lowest BCUT2D eigenvalue weighted by Gasteiger charge is -2.13. The number of halogens is 1. The van der Waals surface area contributed by atoms with E-state index in [1.807, 2.05) is 60.8 Å². The summed E-state index contributed by atoms with van der Waals surface area (Å²) < 4.78 is 7.70. The van der Waals surface area contributed by atoms with E-state index < -0.39 is 0 Å². The van der Waals surface area contributed by atoms with Crippen molar-refractivity contribution in [1.29, 1.82) is 0 Å². The molecular formula is C25H24ClN3O2S2. The summed E-state index contributed by atoms with van der Waals surface area (Å²) in [5.41, 5.74) is 3.29. The molecule has 8 heteroatoms. The number of benzene rings is 2. The number of unbranched alkanes of at least 4 members (excludes halogenated alkanes) is 2. The molecular weight excluding hydrogens is 474 g/mol. The lowest BCUT2D eigenvalue weighted by atomic mass is 10.1. The van der Waals surface area contributed by atoms with Crippen LogP contribution in [-0.4, -0.2) is 38.6 Å². The Kier molecular flexibility index (Phi) is 7.53. The first-order valence-electron chi connectivity index (χ1n) is 10.8. The molecule has 1 saturated heterocycles. The quantitative estimate of drug-likeness (QED) is 0.199. The highest BCUT2D eigenvalue weighted by Gasteiger charge is 2.32. The normalized spacial score (nSPS) is 15.0. The smallest absolute Gasteiger partial charge is 0.266 e. The topological polar surface area (TPSA) is 47.4 Å². The van der Waals surface area contributed by atoms with Crippen molar-refractivity contribution in [3.8, 4) is 22.7 Å². The summed E-state index contributed by atoms with van der Waals surface area (Å²) in [5, 5.41) is 5.32. The number of rotatable bonds is 8. The van der Waals surface area contributed by atoms with Crippen molar-refractivity contribution in [2.45, 2.75) is 26.2 Å². The van der Waals surface area contributed by atoms with Crippen molar-refractivity contribution in [2.24, 2.45) is 0 Å². The Morgan fingerprint density at radius 1 is 1.18 bits per heavy atom. The molecule has 2 aromatic carbocycles. The number of ether oxygens (including phenoxy) is 1. The van der Waals surface area contributed by atoms with Gasteiger partial charge >= 0.3 is 0 Å². The molecule has 5 nitrogen and oxygen atoms in total. The first kappa shape index (κ1) is 23.5. The average Bonchev–Trinajstić information content (AvgIpc) is 3.36. The van der Waals surface area contributed by atoms with E-state index in [0.29, 0.717) is 26.5 Å². The number of thioether (sulfide) groups is 1. The number of hydrogen-bond acceptors (Lipinski definition) is 5. The van der Waals surface area contributed by atoms with Gasteiger partial charge in [-0.2, -0.15) is 5.10 Å². The van der Waals surface area contributed by atoms with Crippen LogP contribution < -0.4 is 4.74 Å². The fourth-order valence-corrected chi connectivity index (χ4v) is 5.16. The van der Waals surface area contributed by atoms with E-state index in [1.54, 1.807) is 16.7 Å². The average molecular weight is 498 g/mol. The first-order chi connectivity index (χ1) is 16.0. The number of carbonyl (C=O) groups is 1. The summed E-state index contributed by atoms with van der Waals surface area (Å²) in [7, 11) is 1.58. The Hall–Kier alpha value is -2.61. The second kappa shape index (κ2) is 10.5. The Balaban J connectivity index is 1.74. The second-order valence-electron chi connectivity index (χ2n) is 7.60. The van der Waals surface area contributed by atoms with Crippen LogP contribution in [0.25, 0.3) is 23.0 Å². The molecule has 33 heavy (non-hydrogen) atoms. The van der Waals surface area contributed by atoms with Crippen molar-refractivity contribution < 1.29 is 9.53 Å². The minimum atomic E-state index is -0.0488. The molecule has 1 aliphatic rings.